The maximum atomic E-state index is 5.05. The molecule has 2 fully saturated rings. The summed E-state index contributed by atoms with van der Waals surface area (Å²) in [4.78, 5) is 12.7. The number of hydrogen-bond acceptors (Lipinski definition) is 3. The van der Waals surface area contributed by atoms with Crippen LogP contribution in [-0.4, -0.2) is 86.1 Å². The van der Waals surface area contributed by atoms with Gasteiger partial charge in [0, 0.05) is 58.9 Å². The number of guanidine groups is 1. The summed E-state index contributed by atoms with van der Waals surface area (Å²) in [7, 11) is 0. The zero-order valence-electron chi connectivity index (χ0n) is 18.8. The third kappa shape index (κ3) is 7.26. The van der Waals surface area contributed by atoms with Crippen LogP contribution in [0.4, 0.5) is 0 Å². The molecule has 0 spiro atoms. The van der Waals surface area contributed by atoms with Gasteiger partial charge in [-0.05, 0) is 44.1 Å². The number of nitrogens with one attached hydrogen (secondary N) is 1. The fraction of sp³-hybridized carbons (Fsp3) is 0.955. The van der Waals surface area contributed by atoms with Gasteiger partial charge >= 0.3 is 0 Å². The molecule has 0 aromatic rings. The lowest BCUT2D eigenvalue weighted by molar-refractivity contribution is 0.125. The number of hydrogen-bond donors (Lipinski definition) is 1. The summed E-state index contributed by atoms with van der Waals surface area (Å²) in [6.07, 6.45) is 5.25. The van der Waals surface area contributed by atoms with Gasteiger partial charge < -0.3 is 20.0 Å². The molecule has 2 aliphatic heterocycles. The SMILES string of the molecule is CCCC1(C)CCCN(C(=NCC(C)CN2CCN(CC)CC2)NCC)C1. The van der Waals surface area contributed by atoms with Gasteiger partial charge in [-0.15, -0.1) is 0 Å². The highest BCUT2D eigenvalue weighted by molar-refractivity contribution is 5.80. The van der Waals surface area contributed by atoms with E-state index >= 15 is 0 Å². The number of piperazine rings is 1. The van der Waals surface area contributed by atoms with E-state index in [4.69, 9.17) is 4.99 Å². The molecule has 2 heterocycles. The monoisotopic (exact) mass is 379 g/mol. The van der Waals surface area contributed by atoms with Crippen LogP contribution in [0.2, 0.25) is 0 Å². The number of rotatable bonds is 8. The van der Waals surface area contributed by atoms with Crippen LogP contribution in [-0.2, 0) is 0 Å². The van der Waals surface area contributed by atoms with Crippen molar-refractivity contribution >= 4 is 5.96 Å². The van der Waals surface area contributed by atoms with Crippen molar-refractivity contribution in [3.8, 4) is 0 Å². The molecule has 2 aliphatic rings. The van der Waals surface area contributed by atoms with Gasteiger partial charge in [0.1, 0.15) is 0 Å². The molecular weight excluding hydrogens is 334 g/mol. The van der Waals surface area contributed by atoms with Gasteiger partial charge in [-0.3, -0.25) is 4.99 Å². The van der Waals surface area contributed by atoms with Crippen molar-refractivity contribution in [2.24, 2.45) is 16.3 Å². The minimum absolute atomic E-state index is 0.452. The number of piperidine rings is 1. The fourth-order valence-electron chi connectivity index (χ4n) is 4.76. The van der Waals surface area contributed by atoms with E-state index in [0.29, 0.717) is 11.3 Å². The Morgan fingerprint density at radius 3 is 2.41 bits per heavy atom. The first-order valence-corrected chi connectivity index (χ1v) is 11.5. The third-order valence-corrected chi connectivity index (χ3v) is 6.30. The molecule has 0 saturated carbocycles. The molecule has 27 heavy (non-hydrogen) atoms. The Bertz CT molecular complexity index is 440. The summed E-state index contributed by atoms with van der Waals surface area (Å²) in [6.45, 7) is 23.0. The highest BCUT2D eigenvalue weighted by Crippen LogP contribution is 2.33. The van der Waals surface area contributed by atoms with Gasteiger partial charge in [0.05, 0.1) is 0 Å². The van der Waals surface area contributed by atoms with E-state index in [1.165, 1.54) is 65.0 Å². The van der Waals surface area contributed by atoms with Crippen LogP contribution >= 0.6 is 0 Å². The van der Waals surface area contributed by atoms with Gasteiger partial charge in [0.25, 0.3) is 0 Å². The number of likely N-dealkylation sites (tertiary alicyclic amines) is 1. The van der Waals surface area contributed by atoms with E-state index in [1.807, 2.05) is 0 Å². The van der Waals surface area contributed by atoms with Crippen molar-refractivity contribution in [2.45, 2.75) is 60.3 Å². The summed E-state index contributed by atoms with van der Waals surface area (Å²) in [5.41, 5.74) is 0.452. The first-order chi connectivity index (χ1) is 13.0. The van der Waals surface area contributed by atoms with Gasteiger partial charge in [0.2, 0.25) is 0 Å². The second kappa shape index (κ2) is 11.3. The molecule has 0 bridgehead atoms. The molecule has 0 aromatic carbocycles. The summed E-state index contributed by atoms with van der Waals surface area (Å²) in [5, 5.41) is 3.56. The first-order valence-electron chi connectivity index (χ1n) is 11.5. The third-order valence-electron chi connectivity index (χ3n) is 6.30. The molecule has 0 aromatic heterocycles. The second-order valence-corrected chi connectivity index (χ2v) is 9.12. The van der Waals surface area contributed by atoms with Gasteiger partial charge in [-0.1, -0.05) is 34.1 Å². The van der Waals surface area contributed by atoms with Crippen molar-refractivity contribution in [3.05, 3.63) is 0 Å². The minimum Gasteiger partial charge on any atom is -0.357 e. The zero-order valence-corrected chi connectivity index (χ0v) is 18.8. The normalized spacial score (nSPS) is 27.0. The summed E-state index contributed by atoms with van der Waals surface area (Å²) < 4.78 is 0. The molecule has 2 saturated heterocycles. The summed E-state index contributed by atoms with van der Waals surface area (Å²) in [6, 6.07) is 0. The average Bonchev–Trinajstić information content (AvgIpc) is 2.65. The van der Waals surface area contributed by atoms with Crippen LogP contribution in [0.5, 0.6) is 0 Å². The zero-order chi connectivity index (χ0) is 19.7. The number of likely N-dealkylation sites (N-methyl/N-ethyl adjacent to an activating group) is 1. The Labute approximate surface area is 168 Å². The minimum atomic E-state index is 0.452. The molecule has 1 N–H and O–H groups in total. The maximum Gasteiger partial charge on any atom is 0.193 e. The van der Waals surface area contributed by atoms with Crippen molar-refractivity contribution in [3.63, 3.8) is 0 Å². The van der Waals surface area contributed by atoms with Gasteiger partial charge in [-0.2, -0.15) is 0 Å². The molecule has 2 rings (SSSR count). The van der Waals surface area contributed by atoms with E-state index in [2.05, 4.69) is 54.6 Å². The number of nitrogens with zero attached hydrogens (tertiary/aromatic N) is 4. The Balaban J connectivity index is 1.86. The quantitative estimate of drug-likeness (QED) is 0.519. The standard InChI is InChI=1S/C22H45N5/c1-6-10-22(5)11-9-12-27(19-22)21(23-7-2)24-17-20(4)18-26-15-13-25(8-3)14-16-26/h20H,6-19H2,1-5H3,(H,23,24). The van der Waals surface area contributed by atoms with Crippen LogP contribution in [0.15, 0.2) is 4.99 Å². The molecule has 5 nitrogen and oxygen atoms in total. The highest BCUT2D eigenvalue weighted by Gasteiger charge is 2.31. The maximum absolute atomic E-state index is 5.05. The number of aliphatic imine (C=N–C) groups is 1. The van der Waals surface area contributed by atoms with E-state index in [-0.39, 0.29) is 0 Å². The van der Waals surface area contributed by atoms with Crippen molar-refractivity contribution in [1.29, 1.82) is 0 Å². The second-order valence-electron chi connectivity index (χ2n) is 9.12. The lowest BCUT2D eigenvalue weighted by Gasteiger charge is -2.42. The lowest BCUT2D eigenvalue weighted by Crippen LogP contribution is -2.50. The molecular formula is C22H45N5. The lowest BCUT2D eigenvalue weighted by atomic mass is 9.78. The molecule has 2 unspecified atom stereocenters. The van der Waals surface area contributed by atoms with E-state index in [1.54, 1.807) is 0 Å². The predicted molar refractivity (Wildman–Crippen MR) is 118 cm³/mol. The molecule has 0 aliphatic carbocycles. The fourth-order valence-corrected chi connectivity index (χ4v) is 4.76. The molecule has 0 radical (unpaired) electrons. The van der Waals surface area contributed by atoms with Crippen LogP contribution < -0.4 is 5.32 Å². The average molecular weight is 380 g/mol. The molecule has 2 atom stereocenters. The topological polar surface area (TPSA) is 34.1 Å². The van der Waals surface area contributed by atoms with E-state index in [0.717, 1.165) is 32.1 Å². The largest absolute Gasteiger partial charge is 0.357 e. The van der Waals surface area contributed by atoms with Crippen LogP contribution in [0, 0.1) is 11.3 Å². The van der Waals surface area contributed by atoms with Gasteiger partial charge in [-0.25, -0.2) is 0 Å². The van der Waals surface area contributed by atoms with Crippen LogP contribution in [0.1, 0.15) is 60.3 Å². The molecule has 0 amide bonds. The van der Waals surface area contributed by atoms with Crippen molar-refractivity contribution < 1.29 is 0 Å². The van der Waals surface area contributed by atoms with E-state index < -0.39 is 0 Å². The Morgan fingerprint density at radius 2 is 1.78 bits per heavy atom. The smallest absolute Gasteiger partial charge is 0.193 e. The summed E-state index contributed by atoms with van der Waals surface area (Å²) >= 11 is 0. The van der Waals surface area contributed by atoms with E-state index in [9.17, 15) is 0 Å². The molecule has 158 valence electrons. The summed E-state index contributed by atoms with van der Waals surface area (Å²) in [5.74, 6) is 1.75. The van der Waals surface area contributed by atoms with Crippen LogP contribution in [0.3, 0.4) is 0 Å². The highest BCUT2D eigenvalue weighted by atomic mass is 15.3. The van der Waals surface area contributed by atoms with Crippen molar-refractivity contribution in [1.82, 2.24) is 20.0 Å². The van der Waals surface area contributed by atoms with Crippen molar-refractivity contribution in [2.75, 3.05) is 65.4 Å². The van der Waals surface area contributed by atoms with Crippen LogP contribution in [0.25, 0.3) is 0 Å². The Morgan fingerprint density at radius 1 is 1.07 bits per heavy atom. The first kappa shape index (κ1) is 22.5. The Kier molecular flexibility index (Phi) is 9.37. The predicted octanol–water partition coefficient (Wildman–Crippen LogP) is 3.13. The molecule has 5 heteroatoms. The van der Waals surface area contributed by atoms with Gasteiger partial charge in [0.15, 0.2) is 5.96 Å². The Hall–Kier alpha value is -0.810.